The van der Waals surface area contributed by atoms with Gasteiger partial charge in [0.15, 0.2) is 11.6 Å². The van der Waals surface area contributed by atoms with Crippen LogP contribution in [0.5, 0.6) is 0 Å². The fourth-order valence-corrected chi connectivity index (χ4v) is 2.76. The fraction of sp³-hybridized carbons (Fsp3) is 0.500. The Morgan fingerprint density at radius 2 is 2.25 bits per heavy atom. The Labute approximate surface area is 117 Å². The van der Waals surface area contributed by atoms with E-state index in [9.17, 15) is 5.11 Å². The average Bonchev–Trinajstić information content (AvgIpc) is 3.03. The van der Waals surface area contributed by atoms with E-state index in [4.69, 9.17) is 0 Å². The van der Waals surface area contributed by atoms with Crippen molar-refractivity contribution in [2.24, 2.45) is 0 Å². The lowest BCUT2D eigenvalue weighted by Gasteiger charge is -2.36. The molecule has 2 aromatic heterocycles. The third kappa shape index (κ3) is 2.65. The summed E-state index contributed by atoms with van der Waals surface area (Å²) in [6, 6.07) is 2.30. The SMILES string of the molecule is OCCC1CCCCN1c1ccnc(-c2ncc[nH]2)n1. The molecule has 1 saturated heterocycles. The number of aromatic nitrogens is 4. The third-order valence-corrected chi connectivity index (χ3v) is 3.73. The number of imidazole rings is 1. The summed E-state index contributed by atoms with van der Waals surface area (Å²) in [5.41, 5.74) is 0. The van der Waals surface area contributed by atoms with E-state index in [2.05, 4.69) is 24.8 Å². The van der Waals surface area contributed by atoms with Crippen LogP contribution in [-0.2, 0) is 0 Å². The Morgan fingerprint density at radius 3 is 3.05 bits per heavy atom. The monoisotopic (exact) mass is 273 g/mol. The molecule has 2 aromatic rings. The van der Waals surface area contributed by atoms with Gasteiger partial charge in [-0.25, -0.2) is 15.0 Å². The molecule has 0 amide bonds. The van der Waals surface area contributed by atoms with Gasteiger partial charge in [0.1, 0.15) is 5.82 Å². The van der Waals surface area contributed by atoms with Crippen LogP contribution in [0.4, 0.5) is 5.82 Å². The highest BCUT2D eigenvalue weighted by atomic mass is 16.3. The van der Waals surface area contributed by atoms with Gasteiger partial charge in [-0.1, -0.05) is 0 Å². The second-order valence-corrected chi connectivity index (χ2v) is 5.03. The normalized spacial score (nSPS) is 19.2. The number of aliphatic hydroxyl groups is 1. The van der Waals surface area contributed by atoms with Crippen molar-refractivity contribution in [3.8, 4) is 11.6 Å². The van der Waals surface area contributed by atoms with Gasteiger partial charge >= 0.3 is 0 Å². The minimum absolute atomic E-state index is 0.220. The molecule has 106 valence electrons. The minimum atomic E-state index is 0.220. The number of hydrogen-bond acceptors (Lipinski definition) is 5. The van der Waals surface area contributed by atoms with Crippen LogP contribution in [0.25, 0.3) is 11.6 Å². The highest BCUT2D eigenvalue weighted by Crippen LogP contribution is 2.25. The van der Waals surface area contributed by atoms with Crippen LogP contribution < -0.4 is 4.90 Å². The lowest BCUT2D eigenvalue weighted by Crippen LogP contribution is -2.40. The van der Waals surface area contributed by atoms with Crippen molar-refractivity contribution < 1.29 is 5.11 Å². The van der Waals surface area contributed by atoms with Crippen molar-refractivity contribution in [3.05, 3.63) is 24.7 Å². The first-order chi connectivity index (χ1) is 9.88. The van der Waals surface area contributed by atoms with Crippen LogP contribution >= 0.6 is 0 Å². The molecule has 1 unspecified atom stereocenters. The molecule has 2 N–H and O–H groups in total. The van der Waals surface area contributed by atoms with E-state index in [0.29, 0.717) is 17.7 Å². The summed E-state index contributed by atoms with van der Waals surface area (Å²) in [7, 11) is 0. The van der Waals surface area contributed by atoms with Crippen LogP contribution in [0.2, 0.25) is 0 Å². The van der Waals surface area contributed by atoms with Crippen molar-refractivity contribution in [1.29, 1.82) is 0 Å². The summed E-state index contributed by atoms with van der Waals surface area (Å²) >= 11 is 0. The maximum atomic E-state index is 9.21. The molecule has 20 heavy (non-hydrogen) atoms. The number of anilines is 1. The maximum absolute atomic E-state index is 9.21. The van der Waals surface area contributed by atoms with Crippen molar-refractivity contribution in [1.82, 2.24) is 19.9 Å². The Balaban J connectivity index is 1.87. The van der Waals surface area contributed by atoms with E-state index in [0.717, 1.165) is 25.2 Å². The van der Waals surface area contributed by atoms with E-state index in [1.54, 1.807) is 18.6 Å². The van der Waals surface area contributed by atoms with E-state index >= 15 is 0 Å². The van der Waals surface area contributed by atoms with Gasteiger partial charge in [-0.2, -0.15) is 0 Å². The zero-order valence-electron chi connectivity index (χ0n) is 11.4. The van der Waals surface area contributed by atoms with Gasteiger partial charge in [-0.3, -0.25) is 0 Å². The summed E-state index contributed by atoms with van der Waals surface area (Å²) in [5.74, 6) is 2.22. The van der Waals surface area contributed by atoms with Crippen LogP contribution in [0.3, 0.4) is 0 Å². The molecular formula is C14H19N5O. The van der Waals surface area contributed by atoms with Crippen LogP contribution in [0.15, 0.2) is 24.7 Å². The van der Waals surface area contributed by atoms with Gasteiger partial charge in [0, 0.05) is 37.8 Å². The minimum Gasteiger partial charge on any atom is -0.396 e. The van der Waals surface area contributed by atoms with Gasteiger partial charge in [-0.15, -0.1) is 0 Å². The highest BCUT2D eigenvalue weighted by Gasteiger charge is 2.23. The van der Waals surface area contributed by atoms with E-state index in [1.807, 2.05) is 6.07 Å². The standard InChI is InChI=1S/C14H19N5O/c20-10-5-11-3-1-2-9-19(11)12-4-6-15-14(18-12)13-16-7-8-17-13/h4,6-8,11,20H,1-3,5,9-10H2,(H,16,17). The summed E-state index contributed by atoms with van der Waals surface area (Å²) in [4.78, 5) is 18.4. The number of rotatable bonds is 4. The molecule has 0 radical (unpaired) electrons. The predicted octanol–water partition coefficient (Wildman–Crippen LogP) is 1.61. The largest absolute Gasteiger partial charge is 0.396 e. The Bertz CT molecular complexity index is 540. The molecule has 1 aliphatic heterocycles. The van der Waals surface area contributed by atoms with Crippen LogP contribution in [0, 0.1) is 0 Å². The highest BCUT2D eigenvalue weighted by molar-refractivity contribution is 5.49. The van der Waals surface area contributed by atoms with Crippen molar-refractivity contribution in [2.75, 3.05) is 18.1 Å². The zero-order chi connectivity index (χ0) is 13.8. The zero-order valence-corrected chi connectivity index (χ0v) is 11.4. The van der Waals surface area contributed by atoms with Crippen molar-refractivity contribution in [2.45, 2.75) is 31.7 Å². The Morgan fingerprint density at radius 1 is 1.30 bits per heavy atom. The van der Waals surface area contributed by atoms with E-state index < -0.39 is 0 Å². The number of H-pyrrole nitrogens is 1. The second kappa shape index (κ2) is 6.00. The first-order valence-corrected chi connectivity index (χ1v) is 7.09. The Hall–Kier alpha value is -1.95. The first-order valence-electron chi connectivity index (χ1n) is 7.09. The smallest absolute Gasteiger partial charge is 0.197 e. The molecule has 0 spiro atoms. The van der Waals surface area contributed by atoms with Crippen molar-refractivity contribution in [3.63, 3.8) is 0 Å². The van der Waals surface area contributed by atoms with E-state index in [-0.39, 0.29) is 6.61 Å². The summed E-state index contributed by atoms with van der Waals surface area (Å²) < 4.78 is 0. The van der Waals surface area contributed by atoms with Gasteiger partial charge in [0.25, 0.3) is 0 Å². The molecule has 0 aromatic carbocycles. The Kier molecular flexibility index (Phi) is 3.92. The van der Waals surface area contributed by atoms with Gasteiger partial charge in [0.05, 0.1) is 0 Å². The molecule has 1 atom stereocenters. The molecule has 1 aliphatic rings. The number of nitrogens with zero attached hydrogens (tertiary/aromatic N) is 4. The lowest BCUT2D eigenvalue weighted by atomic mass is 10.00. The molecule has 3 rings (SSSR count). The number of aliphatic hydroxyl groups excluding tert-OH is 1. The number of aromatic amines is 1. The lowest BCUT2D eigenvalue weighted by molar-refractivity contribution is 0.262. The predicted molar refractivity (Wildman–Crippen MR) is 76.3 cm³/mol. The number of hydrogen-bond donors (Lipinski definition) is 2. The van der Waals surface area contributed by atoms with Crippen LogP contribution in [0.1, 0.15) is 25.7 Å². The first kappa shape index (κ1) is 13.1. The summed E-state index contributed by atoms with van der Waals surface area (Å²) in [5, 5.41) is 9.21. The number of piperidine rings is 1. The molecule has 3 heterocycles. The summed E-state index contributed by atoms with van der Waals surface area (Å²) in [6.07, 6.45) is 9.52. The second-order valence-electron chi connectivity index (χ2n) is 5.03. The van der Waals surface area contributed by atoms with Crippen LogP contribution in [-0.4, -0.2) is 44.2 Å². The molecular weight excluding hydrogens is 254 g/mol. The van der Waals surface area contributed by atoms with E-state index in [1.165, 1.54) is 12.8 Å². The molecule has 0 saturated carbocycles. The molecule has 1 fully saturated rings. The van der Waals surface area contributed by atoms with Crippen molar-refractivity contribution >= 4 is 5.82 Å². The van der Waals surface area contributed by atoms with Gasteiger partial charge < -0.3 is 15.0 Å². The quantitative estimate of drug-likeness (QED) is 0.885. The summed E-state index contributed by atoms with van der Waals surface area (Å²) in [6.45, 7) is 1.20. The topological polar surface area (TPSA) is 77.9 Å². The number of nitrogens with one attached hydrogen (secondary N) is 1. The molecule has 6 nitrogen and oxygen atoms in total. The molecule has 6 heteroatoms. The fourth-order valence-electron chi connectivity index (χ4n) is 2.76. The molecule has 0 aliphatic carbocycles. The molecule has 0 bridgehead atoms. The van der Waals surface area contributed by atoms with Gasteiger partial charge in [-0.05, 0) is 31.7 Å². The third-order valence-electron chi connectivity index (χ3n) is 3.73. The average molecular weight is 273 g/mol. The maximum Gasteiger partial charge on any atom is 0.197 e. The van der Waals surface area contributed by atoms with Gasteiger partial charge in [0.2, 0.25) is 0 Å².